The van der Waals surface area contributed by atoms with Crippen molar-refractivity contribution in [3.05, 3.63) is 112 Å². The highest BCUT2D eigenvalue weighted by molar-refractivity contribution is 5.98. The highest BCUT2D eigenvalue weighted by atomic mass is 19.1. The summed E-state index contributed by atoms with van der Waals surface area (Å²) in [4.78, 5) is 30.6. The van der Waals surface area contributed by atoms with Crippen molar-refractivity contribution in [2.75, 3.05) is 7.11 Å². The molecule has 0 saturated carbocycles. The predicted octanol–water partition coefficient (Wildman–Crippen LogP) is 5.40. The fraction of sp³-hybridized carbons (Fsp3) is 0.138. The van der Waals surface area contributed by atoms with Crippen LogP contribution in [-0.2, 0) is 13.5 Å². The number of methoxy groups -OCH3 is 1. The maximum absolute atomic E-state index is 15.0. The lowest BCUT2D eigenvalue weighted by atomic mass is 10.0. The van der Waals surface area contributed by atoms with Crippen molar-refractivity contribution in [3.8, 4) is 22.9 Å². The zero-order valence-electron chi connectivity index (χ0n) is 20.6. The first-order valence-corrected chi connectivity index (χ1v) is 11.6. The number of carbonyl (C=O) groups is 1. The van der Waals surface area contributed by atoms with Gasteiger partial charge in [0.05, 0.1) is 18.3 Å². The summed E-state index contributed by atoms with van der Waals surface area (Å²) >= 11 is 0. The largest absolute Gasteiger partial charge is 0.497 e. The van der Waals surface area contributed by atoms with E-state index in [2.05, 4.69) is 4.98 Å². The summed E-state index contributed by atoms with van der Waals surface area (Å²) in [6.07, 6.45) is 1.45. The lowest BCUT2D eigenvalue weighted by molar-refractivity contribution is 0.0991. The van der Waals surface area contributed by atoms with Crippen molar-refractivity contribution in [2.45, 2.75) is 13.3 Å². The number of aromatic nitrogens is 3. The number of rotatable bonds is 7. The van der Waals surface area contributed by atoms with Crippen LogP contribution >= 0.6 is 0 Å². The van der Waals surface area contributed by atoms with Gasteiger partial charge in [-0.15, -0.1) is 0 Å². The Labute approximate surface area is 212 Å². The zero-order chi connectivity index (χ0) is 26.1. The number of halogens is 1. The number of benzene rings is 3. The van der Waals surface area contributed by atoms with E-state index in [0.717, 1.165) is 0 Å². The highest BCUT2D eigenvalue weighted by Gasteiger charge is 2.22. The Kier molecular flexibility index (Phi) is 6.31. The molecule has 37 heavy (non-hydrogen) atoms. The second kappa shape index (κ2) is 9.73. The number of hydrogen-bond donors (Lipinski definition) is 0. The fourth-order valence-corrected chi connectivity index (χ4v) is 4.34. The van der Waals surface area contributed by atoms with E-state index in [1.54, 1.807) is 74.4 Å². The summed E-state index contributed by atoms with van der Waals surface area (Å²) in [7, 11) is 3.30. The molecule has 8 heteroatoms. The van der Waals surface area contributed by atoms with Gasteiger partial charge in [-0.05, 0) is 55.0 Å². The molecule has 186 valence electrons. The molecule has 0 aliphatic rings. The van der Waals surface area contributed by atoms with Crippen LogP contribution in [0.4, 0.5) is 4.39 Å². The average molecular weight is 498 g/mol. The molecule has 5 rings (SSSR count). The van der Waals surface area contributed by atoms with Gasteiger partial charge in [-0.3, -0.25) is 19.3 Å². The first-order valence-electron chi connectivity index (χ1n) is 11.6. The molecule has 2 heterocycles. The summed E-state index contributed by atoms with van der Waals surface area (Å²) in [5, 5.41) is 0.705. The molecule has 0 bridgehead atoms. The molecule has 0 atom stereocenters. The number of hydrogen-bond acceptors (Lipinski definition) is 5. The number of nitrogens with zero attached hydrogens (tertiary/aromatic N) is 3. The van der Waals surface area contributed by atoms with Crippen LogP contribution in [0.25, 0.3) is 16.6 Å². The molecule has 0 aliphatic carbocycles. The van der Waals surface area contributed by atoms with Crippen LogP contribution in [0.3, 0.4) is 0 Å². The Morgan fingerprint density at radius 3 is 2.51 bits per heavy atom. The Morgan fingerprint density at radius 2 is 1.78 bits per heavy atom. The summed E-state index contributed by atoms with van der Waals surface area (Å²) < 4.78 is 29.2. The minimum atomic E-state index is -0.616. The Bertz CT molecular complexity index is 1690. The molecule has 0 amide bonds. The number of carbonyl (C=O) groups excluding carboxylic acids is 1. The minimum absolute atomic E-state index is 0.0156. The van der Waals surface area contributed by atoms with Crippen molar-refractivity contribution < 1.29 is 18.7 Å². The summed E-state index contributed by atoms with van der Waals surface area (Å²) in [5.41, 5.74) is 1.97. The summed E-state index contributed by atoms with van der Waals surface area (Å²) in [6.45, 7) is 1.72. The molecule has 5 aromatic rings. The van der Waals surface area contributed by atoms with Crippen LogP contribution in [0.15, 0.2) is 83.8 Å². The first-order chi connectivity index (χ1) is 17.9. The van der Waals surface area contributed by atoms with Crippen molar-refractivity contribution in [2.24, 2.45) is 7.05 Å². The first kappa shape index (κ1) is 24.0. The molecule has 2 aromatic heterocycles. The van der Waals surface area contributed by atoms with Gasteiger partial charge >= 0.3 is 0 Å². The third-order valence-corrected chi connectivity index (χ3v) is 6.32. The molecule has 7 nitrogen and oxygen atoms in total. The predicted molar refractivity (Wildman–Crippen MR) is 139 cm³/mol. The van der Waals surface area contributed by atoms with Gasteiger partial charge in [-0.2, -0.15) is 0 Å². The van der Waals surface area contributed by atoms with Gasteiger partial charge in [0.1, 0.15) is 17.1 Å². The molecular weight excluding hydrogens is 473 g/mol. The summed E-state index contributed by atoms with van der Waals surface area (Å²) in [6, 6.07) is 20.5. The number of ether oxygens (including phenoxy) is 2. The van der Waals surface area contributed by atoms with E-state index < -0.39 is 11.4 Å². The number of pyridine rings is 1. The van der Waals surface area contributed by atoms with Crippen molar-refractivity contribution in [3.63, 3.8) is 0 Å². The molecular formula is C29H24FN3O4. The number of Topliss-reactive ketones (excluding diaryl/α,β-unsaturated/α-hetero) is 1. The molecule has 0 radical (unpaired) electrons. The molecule has 3 aromatic carbocycles. The maximum atomic E-state index is 15.0. The third kappa shape index (κ3) is 4.49. The Balaban J connectivity index is 1.39. The van der Waals surface area contributed by atoms with E-state index in [9.17, 15) is 9.59 Å². The van der Waals surface area contributed by atoms with Crippen LogP contribution in [0.2, 0.25) is 0 Å². The van der Waals surface area contributed by atoms with Gasteiger partial charge in [0.15, 0.2) is 17.3 Å². The lowest BCUT2D eigenvalue weighted by Crippen LogP contribution is -2.23. The third-order valence-electron chi connectivity index (χ3n) is 6.32. The van der Waals surface area contributed by atoms with Crippen LogP contribution in [0, 0.1) is 12.7 Å². The monoisotopic (exact) mass is 497 g/mol. The van der Waals surface area contributed by atoms with E-state index >= 15 is 4.39 Å². The van der Waals surface area contributed by atoms with Gasteiger partial charge < -0.3 is 9.47 Å². The summed E-state index contributed by atoms with van der Waals surface area (Å²) in [5.74, 6) is 0.116. The van der Waals surface area contributed by atoms with Crippen molar-refractivity contribution >= 4 is 16.7 Å². The van der Waals surface area contributed by atoms with Gasteiger partial charge in [0.2, 0.25) is 0 Å². The van der Waals surface area contributed by atoms with E-state index in [-0.39, 0.29) is 23.5 Å². The van der Waals surface area contributed by atoms with Crippen molar-refractivity contribution in [1.82, 2.24) is 14.3 Å². The van der Waals surface area contributed by atoms with Crippen LogP contribution in [-0.4, -0.2) is 27.2 Å². The number of ketones is 1. The Hall–Kier alpha value is -4.72. The van der Waals surface area contributed by atoms with Gasteiger partial charge in [-0.25, -0.2) is 9.07 Å². The molecule has 0 N–H and O–H groups in total. The number of fused-ring (bicyclic) bond motifs is 1. The molecule has 0 unspecified atom stereocenters. The Morgan fingerprint density at radius 1 is 1.00 bits per heavy atom. The molecule has 0 saturated heterocycles. The van der Waals surface area contributed by atoms with Crippen LogP contribution in [0.5, 0.6) is 17.2 Å². The van der Waals surface area contributed by atoms with E-state index in [1.807, 2.05) is 18.2 Å². The second-order valence-corrected chi connectivity index (χ2v) is 8.60. The zero-order valence-corrected chi connectivity index (χ0v) is 20.6. The van der Waals surface area contributed by atoms with Crippen LogP contribution < -0.4 is 15.0 Å². The van der Waals surface area contributed by atoms with Crippen molar-refractivity contribution in [1.29, 1.82) is 0 Å². The van der Waals surface area contributed by atoms with E-state index in [1.165, 1.54) is 16.8 Å². The van der Waals surface area contributed by atoms with E-state index in [4.69, 9.17) is 9.47 Å². The van der Waals surface area contributed by atoms with E-state index in [0.29, 0.717) is 39.3 Å². The van der Waals surface area contributed by atoms with Gasteiger partial charge in [0.25, 0.3) is 5.56 Å². The van der Waals surface area contributed by atoms with Gasteiger partial charge in [-0.1, -0.05) is 24.3 Å². The maximum Gasteiger partial charge on any atom is 0.282 e. The lowest BCUT2D eigenvalue weighted by Gasteiger charge is -2.11. The SMILES string of the molecule is COc1ccc2c(Oc3ccc(CC(=O)c4c(C)n(C)n(-c5ccccc5)c4=O)cc3F)ccnc2c1. The smallest absolute Gasteiger partial charge is 0.282 e. The normalized spacial score (nSPS) is 11.0. The second-order valence-electron chi connectivity index (χ2n) is 8.60. The minimum Gasteiger partial charge on any atom is -0.497 e. The topological polar surface area (TPSA) is 75.3 Å². The van der Waals surface area contributed by atoms with Crippen LogP contribution in [0.1, 0.15) is 21.6 Å². The van der Waals surface area contributed by atoms with Gasteiger partial charge in [0, 0.05) is 36.8 Å². The molecule has 0 spiro atoms. The fourth-order valence-electron chi connectivity index (χ4n) is 4.34. The quantitative estimate of drug-likeness (QED) is 0.282. The standard InChI is InChI=1S/C29H24FN3O4/c1-18-28(29(35)33(32(18)2)20-7-5-4-6-8-20)25(34)16-19-9-12-27(23(30)15-19)37-26-13-14-31-24-17-21(36-3)10-11-22(24)26/h4-15,17H,16H2,1-3H3. The number of para-hydroxylation sites is 1. The molecule has 0 fully saturated rings. The highest BCUT2D eigenvalue weighted by Crippen LogP contribution is 2.32. The molecule has 0 aliphatic heterocycles. The average Bonchev–Trinajstić information content (AvgIpc) is 3.13.